The summed E-state index contributed by atoms with van der Waals surface area (Å²) >= 11 is 0. The predicted octanol–water partition coefficient (Wildman–Crippen LogP) is -0.539. The molecule has 0 amide bonds. The number of carboxylic acids is 1. The minimum absolute atomic E-state index is 0.133. The third-order valence-corrected chi connectivity index (χ3v) is 2.02. The van der Waals surface area contributed by atoms with E-state index in [0.717, 1.165) is 0 Å². The lowest BCUT2D eigenvalue weighted by Crippen LogP contribution is -2.20. The molecule has 0 rings (SSSR count). The SMILES string of the molecule is CC[C@H](C(=O)O)[SH](=O)=O. The van der Waals surface area contributed by atoms with Gasteiger partial charge in [-0.3, -0.25) is 4.79 Å². The molecular weight excluding hydrogens is 144 g/mol. The van der Waals surface area contributed by atoms with Gasteiger partial charge < -0.3 is 5.11 Å². The maximum atomic E-state index is 10.0. The number of carbonyl (C=O) groups is 1. The molecule has 4 nitrogen and oxygen atoms in total. The van der Waals surface area contributed by atoms with Crippen molar-refractivity contribution < 1.29 is 18.3 Å². The predicted molar refractivity (Wildman–Crippen MR) is 32.0 cm³/mol. The Kier molecular flexibility index (Phi) is 3.22. The normalized spacial score (nSPS) is 13.6. The minimum Gasteiger partial charge on any atom is -0.480 e. The van der Waals surface area contributed by atoms with Gasteiger partial charge in [-0.05, 0) is 6.42 Å². The van der Waals surface area contributed by atoms with Crippen LogP contribution >= 0.6 is 0 Å². The highest BCUT2D eigenvalue weighted by molar-refractivity contribution is 7.74. The van der Waals surface area contributed by atoms with Gasteiger partial charge in [0.1, 0.15) is 0 Å². The zero-order chi connectivity index (χ0) is 7.44. The summed E-state index contributed by atoms with van der Waals surface area (Å²) in [6, 6.07) is 0. The molecule has 9 heavy (non-hydrogen) atoms. The van der Waals surface area contributed by atoms with Crippen LogP contribution in [0.5, 0.6) is 0 Å². The molecule has 0 fully saturated rings. The van der Waals surface area contributed by atoms with Gasteiger partial charge in [-0.2, -0.15) is 0 Å². The summed E-state index contributed by atoms with van der Waals surface area (Å²) in [5.74, 6) is -1.27. The van der Waals surface area contributed by atoms with Crippen molar-refractivity contribution in [3.05, 3.63) is 0 Å². The molecule has 0 aliphatic heterocycles. The molecule has 0 radical (unpaired) electrons. The minimum atomic E-state index is -2.80. The highest BCUT2D eigenvalue weighted by Crippen LogP contribution is 1.94. The summed E-state index contributed by atoms with van der Waals surface area (Å²) in [4.78, 5) is 9.99. The van der Waals surface area contributed by atoms with Crippen molar-refractivity contribution in [1.29, 1.82) is 0 Å². The molecular formula is C4H8O4S. The zero-order valence-electron chi connectivity index (χ0n) is 4.90. The van der Waals surface area contributed by atoms with Gasteiger partial charge in [0.05, 0.1) is 0 Å². The summed E-state index contributed by atoms with van der Waals surface area (Å²) in [5.41, 5.74) is 0. The van der Waals surface area contributed by atoms with Gasteiger partial charge >= 0.3 is 5.97 Å². The highest BCUT2D eigenvalue weighted by Gasteiger charge is 2.16. The molecule has 0 aliphatic rings. The lowest BCUT2D eigenvalue weighted by Gasteiger charge is -1.96. The van der Waals surface area contributed by atoms with Gasteiger partial charge in [-0.25, -0.2) is 8.42 Å². The van der Waals surface area contributed by atoms with Crippen LogP contribution in [0.3, 0.4) is 0 Å². The van der Waals surface area contributed by atoms with Gasteiger partial charge in [0.15, 0.2) is 16.0 Å². The van der Waals surface area contributed by atoms with Crippen LogP contribution in [0.4, 0.5) is 0 Å². The molecule has 0 aromatic carbocycles. The Hall–Kier alpha value is -0.580. The summed E-state index contributed by atoms with van der Waals surface area (Å²) in [6.45, 7) is 1.52. The molecule has 0 saturated carbocycles. The van der Waals surface area contributed by atoms with Crippen molar-refractivity contribution in [2.24, 2.45) is 0 Å². The van der Waals surface area contributed by atoms with E-state index < -0.39 is 21.9 Å². The molecule has 0 spiro atoms. The van der Waals surface area contributed by atoms with Gasteiger partial charge in [0.25, 0.3) is 0 Å². The third kappa shape index (κ3) is 2.46. The van der Waals surface area contributed by atoms with Gasteiger partial charge in [-0.15, -0.1) is 0 Å². The van der Waals surface area contributed by atoms with E-state index in [-0.39, 0.29) is 6.42 Å². The average Bonchev–Trinajstić information content (AvgIpc) is 1.64. The van der Waals surface area contributed by atoms with E-state index in [4.69, 9.17) is 5.11 Å². The van der Waals surface area contributed by atoms with Gasteiger partial charge in [0.2, 0.25) is 0 Å². The van der Waals surface area contributed by atoms with Crippen molar-refractivity contribution in [3.8, 4) is 0 Å². The van der Waals surface area contributed by atoms with E-state index in [1.807, 2.05) is 0 Å². The van der Waals surface area contributed by atoms with E-state index in [1.165, 1.54) is 6.92 Å². The first kappa shape index (κ1) is 8.42. The maximum Gasteiger partial charge on any atom is 0.321 e. The molecule has 0 heterocycles. The quantitative estimate of drug-likeness (QED) is 0.533. The second-order valence-electron chi connectivity index (χ2n) is 1.55. The number of aliphatic carboxylic acids is 1. The molecule has 1 N–H and O–H groups in total. The summed E-state index contributed by atoms with van der Waals surface area (Å²) in [7, 11) is -2.80. The second-order valence-corrected chi connectivity index (χ2v) is 2.74. The van der Waals surface area contributed by atoms with Crippen LogP contribution in [-0.2, 0) is 15.5 Å². The van der Waals surface area contributed by atoms with Crippen molar-refractivity contribution in [3.63, 3.8) is 0 Å². The average molecular weight is 152 g/mol. The van der Waals surface area contributed by atoms with E-state index in [0.29, 0.717) is 0 Å². The first-order valence-electron chi connectivity index (χ1n) is 2.46. The van der Waals surface area contributed by atoms with Gasteiger partial charge in [-0.1, -0.05) is 6.92 Å². The fourth-order valence-electron chi connectivity index (χ4n) is 0.414. The Morgan fingerprint density at radius 2 is 2.11 bits per heavy atom. The molecule has 0 bridgehead atoms. The largest absolute Gasteiger partial charge is 0.480 e. The standard InChI is InChI=1S/C4H8O4S/c1-2-3(4(5)6)9(7)8/h3,9H,2H2,1H3,(H,5,6)/t3-/m1/s1. The van der Waals surface area contributed by atoms with E-state index in [1.54, 1.807) is 0 Å². The molecule has 0 aromatic heterocycles. The number of carboxylic acid groups (broad SMARTS) is 1. The topological polar surface area (TPSA) is 71.4 Å². The van der Waals surface area contributed by atoms with Crippen molar-refractivity contribution in [1.82, 2.24) is 0 Å². The highest BCUT2D eigenvalue weighted by atomic mass is 32.2. The monoisotopic (exact) mass is 152 g/mol. The van der Waals surface area contributed by atoms with Crippen LogP contribution in [0.1, 0.15) is 13.3 Å². The van der Waals surface area contributed by atoms with Crippen LogP contribution in [0, 0.1) is 0 Å². The molecule has 54 valence electrons. The number of rotatable bonds is 3. The molecule has 5 heteroatoms. The lowest BCUT2D eigenvalue weighted by molar-refractivity contribution is -0.136. The summed E-state index contributed by atoms with van der Waals surface area (Å²) < 4.78 is 20.1. The van der Waals surface area contributed by atoms with Crippen LogP contribution in [0.2, 0.25) is 0 Å². The molecule has 0 saturated heterocycles. The second kappa shape index (κ2) is 3.45. The van der Waals surface area contributed by atoms with E-state index in [9.17, 15) is 13.2 Å². The number of hydrogen-bond acceptors (Lipinski definition) is 3. The summed E-state index contributed by atoms with van der Waals surface area (Å²) in [5, 5.41) is 6.95. The maximum absolute atomic E-state index is 10.0. The van der Waals surface area contributed by atoms with E-state index in [2.05, 4.69) is 0 Å². The van der Waals surface area contributed by atoms with E-state index >= 15 is 0 Å². The van der Waals surface area contributed by atoms with Crippen LogP contribution < -0.4 is 0 Å². The smallest absolute Gasteiger partial charge is 0.321 e. The molecule has 0 aliphatic carbocycles. The Labute approximate surface area is 54.4 Å². The fourth-order valence-corrected chi connectivity index (χ4v) is 0.892. The Bertz CT molecular complexity index is 163. The Balaban J connectivity index is 4.16. The lowest BCUT2D eigenvalue weighted by atomic mass is 10.3. The van der Waals surface area contributed by atoms with Crippen LogP contribution in [0.15, 0.2) is 0 Å². The Morgan fingerprint density at radius 1 is 1.67 bits per heavy atom. The van der Waals surface area contributed by atoms with Crippen LogP contribution in [-0.4, -0.2) is 24.7 Å². The number of thiol groups is 1. The number of hydrogen-bond donors (Lipinski definition) is 2. The van der Waals surface area contributed by atoms with Crippen molar-refractivity contribution in [2.45, 2.75) is 18.6 Å². The fraction of sp³-hybridized carbons (Fsp3) is 0.750. The molecule has 0 unspecified atom stereocenters. The third-order valence-electron chi connectivity index (χ3n) is 0.926. The van der Waals surface area contributed by atoms with Crippen LogP contribution in [0.25, 0.3) is 0 Å². The first-order valence-corrected chi connectivity index (χ1v) is 3.70. The molecule has 0 aromatic rings. The van der Waals surface area contributed by atoms with Crippen molar-refractivity contribution in [2.75, 3.05) is 0 Å². The molecule has 1 atom stereocenters. The zero-order valence-corrected chi connectivity index (χ0v) is 5.80. The van der Waals surface area contributed by atoms with Gasteiger partial charge in [0, 0.05) is 0 Å². The summed E-state index contributed by atoms with van der Waals surface area (Å²) in [6.07, 6.45) is 0.133. The Morgan fingerprint density at radius 3 is 2.11 bits per heavy atom. The van der Waals surface area contributed by atoms with Crippen molar-refractivity contribution >= 4 is 16.7 Å². The first-order chi connectivity index (χ1) is 4.09.